The highest BCUT2D eigenvalue weighted by Gasteiger charge is 2.33. The van der Waals surface area contributed by atoms with E-state index in [4.69, 9.17) is 0 Å². The summed E-state index contributed by atoms with van der Waals surface area (Å²) in [6.45, 7) is 8.08. The molecule has 0 spiro atoms. The number of nitro groups is 1. The van der Waals surface area contributed by atoms with Crippen molar-refractivity contribution in [3.63, 3.8) is 0 Å². The van der Waals surface area contributed by atoms with E-state index < -0.39 is 4.92 Å². The first-order valence-electron chi connectivity index (χ1n) is 10.3. The van der Waals surface area contributed by atoms with Gasteiger partial charge < -0.3 is 10.6 Å². The molecule has 0 aromatic carbocycles. The van der Waals surface area contributed by atoms with Crippen LogP contribution in [0, 0.1) is 22.0 Å². The fraction of sp³-hybridized carbons (Fsp3) is 0.700. The number of rotatable bonds is 6. The number of hydrogen-bond acceptors (Lipinski definition) is 6. The third-order valence-electron chi connectivity index (χ3n) is 6.49. The van der Waals surface area contributed by atoms with E-state index in [1.807, 2.05) is 6.92 Å². The summed E-state index contributed by atoms with van der Waals surface area (Å²) in [6, 6.07) is 3.37. The van der Waals surface area contributed by atoms with E-state index in [-0.39, 0.29) is 29.7 Å². The molecule has 1 aromatic heterocycles. The van der Waals surface area contributed by atoms with Gasteiger partial charge in [-0.1, -0.05) is 26.7 Å². The molecule has 3 rings (SSSR count). The fourth-order valence-corrected chi connectivity index (χ4v) is 4.30. The molecule has 1 aromatic rings. The van der Waals surface area contributed by atoms with Gasteiger partial charge in [0.25, 0.3) is 5.69 Å². The molecule has 154 valence electrons. The summed E-state index contributed by atoms with van der Waals surface area (Å²) in [7, 11) is 0. The van der Waals surface area contributed by atoms with E-state index in [1.165, 1.54) is 25.1 Å². The summed E-state index contributed by atoms with van der Waals surface area (Å²) in [4.78, 5) is 29.3. The highest BCUT2D eigenvalue weighted by atomic mass is 16.6. The molecule has 1 saturated heterocycles. The van der Waals surface area contributed by atoms with Crippen LogP contribution in [0.15, 0.2) is 18.3 Å². The van der Waals surface area contributed by atoms with E-state index >= 15 is 0 Å². The van der Waals surface area contributed by atoms with Gasteiger partial charge in [0.2, 0.25) is 5.91 Å². The van der Waals surface area contributed by atoms with Gasteiger partial charge in [-0.3, -0.25) is 19.8 Å². The zero-order valence-corrected chi connectivity index (χ0v) is 16.9. The Morgan fingerprint density at radius 2 is 2.11 bits per heavy atom. The van der Waals surface area contributed by atoms with Crippen LogP contribution in [-0.2, 0) is 4.79 Å². The van der Waals surface area contributed by atoms with Crippen LogP contribution < -0.4 is 10.6 Å². The molecule has 1 aliphatic heterocycles. The molecule has 1 aliphatic carbocycles. The Morgan fingerprint density at radius 3 is 2.79 bits per heavy atom. The minimum atomic E-state index is -0.456. The van der Waals surface area contributed by atoms with Crippen molar-refractivity contribution in [2.75, 3.05) is 18.4 Å². The molecule has 5 atom stereocenters. The van der Waals surface area contributed by atoms with Crippen molar-refractivity contribution in [3.8, 4) is 0 Å². The fourth-order valence-electron chi connectivity index (χ4n) is 4.30. The van der Waals surface area contributed by atoms with Gasteiger partial charge in [0.1, 0.15) is 12.0 Å². The van der Waals surface area contributed by atoms with Gasteiger partial charge in [-0.15, -0.1) is 0 Å². The molecule has 1 amide bonds. The molecular formula is C20H31N5O3. The van der Waals surface area contributed by atoms with Crippen LogP contribution in [0.1, 0.15) is 46.5 Å². The molecule has 2 fully saturated rings. The lowest BCUT2D eigenvalue weighted by molar-refractivity contribution is -0.385. The Balaban J connectivity index is 1.49. The van der Waals surface area contributed by atoms with E-state index in [1.54, 1.807) is 6.07 Å². The first-order valence-corrected chi connectivity index (χ1v) is 10.3. The molecular weight excluding hydrogens is 358 g/mol. The summed E-state index contributed by atoms with van der Waals surface area (Å²) < 4.78 is 0. The molecule has 2 heterocycles. The quantitative estimate of drug-likeness (QED) is 0.573. The van der Waals surface area contributed by atoms with Crippen LogP contribution in [0.3, 0.4) is 0 Å². The molecule has 0 bridgehead atoms. The lowest BCUT2D eigenvalue weighted by Gasteiger charge is -2.36. The summed E-state index contributed by atoms with van der Waals surface area (Å²) >= 11 is 0. The summed E-state index contributed by atoms with van der Waals surface area (Å²) in [5, 5.41) is 17.3. The second-order valence-corrected chi connectivity index (χ2v) is 8.34. The largest absolute Gasteiger partial charge is 0.366 e. The van der Waals surface area contributed by atoms with Crippen LogP contribution >= 0.6 is 0 Å². The SMILES string of the molecule is CC1CCCC(NC(=O)C(C)N2CCC(Nc3ccc([N+](=O)[O-])cn3)C2)C1C. The molecule has 8 heteroatoms. The van der Waals surface area contributed by atoms with Crippen molar-refractivity contribution in [1.82, 2.24) is 15.2 Å². The molecule has 0 radical (unpaired) electrons. The average Bonchev–Trinajstić information content (AvgIpc) is 3.13. The van der Waals surface area contributed by atoms with Crippen LogP contribution in [-0.4, -0.2) is 51.9 Å². The zero-order valence-electron chi connectivity index (χ0n) is 16.9. The van der Waals surface area contributed by atoms with Crippen molar-refractivity contribution in [3.05, 3.63) is 28.4 Å². The number of anilines is 1. The number of aromatic nitrogens is 1. The topological polar surface area (TPSA) is 100 Å². The second-order valence-electron chi connectivity index (χ2n) is 8.34. The number of likely N-dealkylation sites (tertiary alicyclic amines) is 1. The Kier molecular flexibility index (Phi) is 6.49. The smallest absolute Gasteiger partial charge is 0.287 e. The monoisotopic (exact) mass is 389 g/mol. The van der Waals surface area contributed by atoms with Gasteiger partial charge in [0, 0.05) is 31.2 Å². The van der Waals surface area contributed by atoms with Crippen LogP contribution in [0.25, 0.3) is 0 Å². The number of nitrogens with zero attached hydrogens (tertiary/aromatic N) is 3. The van der Waals surface area contributed by atoms with Gasteiger partial charge in [-0.05, 0) is 37.7 Å². The lowest BCUT2D eigenvalue weighted by Crippen LogP contribution is -2.51. The van der Waals surface area contributed by atoms with Gasteiger partial charge in [0.05, 0.1) is 11.0 Å². The summed E-state index contributed by atoms with van der Waals surface area (Å²) in [6.07, 6.45) is 5.67. The maximum atomic E-state index is 12.8. The number of carbonyl (C=O) groups is 1. The first-order chi connectivity index (χ1) is 13.3. The Morgan fingerprint density at radius 1 is 1.32 bits per heavy atom. The van der Waals surface area contributed by atoms with Crippen molar-refractivity contribution in [1.29, 1.82) is 0 Å². The molecule has 28 heavy (non-hydrogen) atoms. The maximum absolute atomic E-state index is 12.8. The third-order valence-corrected chi connectivity index (χ3v) is 6.49. The van der Waals surface area contributed by atoms with Gasteiger partial charge in [0.15, 0.2) is 0 Å². The maximum Gasteiger partial charge on any atom is 0.287 e. The van der Waals surface area contributed by atoms with E-state index in [2.05, 4.69) is 34.4 Å². The summed E-state index contributed by atoms with van der Waals surface area (Å²) in [5.41, 5.74) is -0.0184. The normalized spacial score (nSPS) is 29.2. The second kappa shape index (κ2) is 8.86. The van der Waals surface area contributed by atoms with Crippen LogP contribution in [0.2, 0.25) is 0 Å². The van der Waals surface area contributed by atoms with Gasteiger partial charge in [-0.2, -0.15) is 0 Å². The van der Waals surface area contributed by atoms with Crippen LogP contribution in [0.5, 0.6) is 0 Å². The number of hydrogen-bond donors (Lipinski definition) is 2. The van der Waals surface area contributed by atoms with Crippen molar-refractivity contribution in [2.45, 2.75) is 64.6 Å². The molecule has 8 nitrogen and oxygen atoms in total. The minimum absolute atomic E-state index is 0.0184. The average molecular weight is 390 g/mol. The van der Waals surface area contributed by atoms with E-state index in [0.717, 1.165) is 25.9 Å². The molecule has 2 N–H and O–H groups in total. The van der Waals surface area contributed by atoms with Gasteiger partial charge in [-0.25, -0.2) is 4.98 Å². The number of amides is 1. The Bertz CT molecular complexity index is 696. The van der Waals surface area contributed by atoms with E-state index in [0.29, 0.717) is 17.7 Å². The molecule has 2 aliphatic rings. The molecule has 1 saturated carbocycles. The highest BCUT2D eigenvalue weighted by Crippen LogP contribution is 2.29. The van der Waals surface area contributed by atoms with Crippen molar-refractivity contribution >= 4 is 17.4 Å². The summed E-state index contributed by atoms with van der Waals surface area (Å²) in [5.74, 6) is 1.91. The third kappa shape index (κ3) is 4.79. The van der Waals surface area contributed by atoms with E-state index in [9.17, 15) is 14.9 Å². The van der Waals surface area contributed by atoms with Crippen molar-refractivity contribution in [2.24, 2.45) is 11.8 Å². The number of carbonyl (C=O) groups excluding carboxylic acids is 1. The Labute approximate surface area is 166 Å². The highest BCUT2D eigenvalue weighted by molar-refractivity contribution is 5.81. The molecule has 5 unspecified atom stereocenters. The minimum Gasteiger partial charge on any atom is -0.366 e. The number of nitrogens with one attached hydrogen (secondary N) is 2. The van der Waals surface area contributed by atoms with Crippen molar-refractivity contribution < 1.29 is 9.72 Å². The zero-order chi connectivity index (χ0) is 20.3. The predicted octanol–water partition coefficient (Wildman–Crippen LogP) is 2.81. The predicted molar refractivity (Wildman–Crippen MR) is 108 cm³/mol. The standard InChI is InChI=1S/C20H31N5O3/c1-13-5-4-6-18(14(13)2)23-20(26)15(3)24-10-9-16(12-24)22-19-8-7-17(11-21-19)25(27)28/h7-8,11,13-16,18H,4-6,9-10,12H2,1-3H3,(H,21,22)(H,23,26). The number of pyridine rings is 1. The lowest BCUT2D eigenvalue weighted by atomic mass is 9.78. The van der Waals surface area contributed by atoms with Crippen LogP contribution in [0.4, 0.5) is 11.5 Å². The van der Waals surface area contributed by atoms with Gasteiger partial charge >= 0.3 is 0 Å². The Hall–Kier alpha value is -2.22. The first kappa shape index (κ1) is 20.5.